The van der Waals surface area contributed by atoms with Gasteiger partial charge in [0.2, 0.25) is 5.91 Å². The van der Waals surface area contributed by atoms with Gasteiger partial charge in [-0.25, -0.2) is 0 Å². The first-order valence-corrected chi connectivity index (χ1v) is 14.4. The molecular weight excluding hydrogens is 593 g/mol. The van der Waals surface area contributed by atoms with Gasteiger partial charge in [0.25, 0.3) is 11.8 Å². The molecule has 0 aliphatic carbocycles. The lowest BCUT2D eigenvalue weighted by Crippen LogP contribution is -2.30. The Morgan fingerprint density at radius 2 is 1.52 bits per heavy atom. The summed E-state index contributed by atoms with van der Waals surface area (Å²) in [5, 5.41) is 8.69. The van der Waals surface area contributed by atoms with Gasteiger partial charge in [0, 0.05) is 21.8 Å². The average molecular weight is 621 g/mol. The molecule has 3 N–H and O–H groups in total. The number of hydrogen-bond acceptors (Lipinski definition) is 5. The van der Waals surface area contributed by atoms with E-state index in [0.717, 1.165) is 4.90 Å². The zero-order valence-corrected chi connectivity index (χ0v) is 25.0. The lowest BCUT2D eigenvalue weighted by atomic mass is 10.1. The summed E-state index contributed by atoms with van der Waals surface area (Å²) >= 11 is 13.3. The molecule has 3 amide bonds. The Hall–Kier alpha value is -4.24. The van der Waals surface area contributed by atoms with Gasteiger partial charge in [0.15, 0.2) is 0 Å². The van der Waals surface area contributed by atoms with E-state index in [2.05, 4.69) is 16.0 Å². The number of nitrogens with one attached hydrogen (secondary N) is 3. The molecule has 4 aromatic rings. The van der Waals surface area contributed by atoms with Gasteiger partial charge in [-0.3, -0.25) is 14.4 Å². The summed E-state index contributed by atoms with van der Waals surface area (Å²) in [6, 6.07) is 27.7. The minimum atomic E-state index is -0.511. The van der Waals surface area contributed by atoms with Gasteiger partial charge < -0.3 is 20.7 Å². The van der Waals surface area contributed by atoms with E-state index in [9.17, 15) is 14.4 Å². The van der Waals surface area contributed by atoms with E-state index in [1.54, 1.807) is 111 Å². The van der Waals surface area contributed by atoms with E-state index in [0.29, 0.717) is 38.3 Å². The SMILES string of the molecule is COc1ccc(/C=C(/NC(=O)c2ccccc2)C(=O)Nc2cccc(SC(C)C(=O)Nc3ccc(Cl)c(Cl)c3)c2)cc1. The molecule has 7 nitrogen and oxygen atoms in total. The maximum Gasteiger partial charge on any atom is 0.272 e. The molecule has 0 aliphatic rings. The Kier molecular flexibility index (Phi) is 10.7. The topological polar surface area (TPSA) is 96.5 Å². The molecule has 0 spiro atoms. The summed E-state index contributed by atoms with van der Waals surface area (Å²) in [7, 11) is 1.57. The highest BCUT2D eigenvalue weighted by molar-refractivity contribution is 8.00. The second-order valence-corrected chi connectivity index (χ2v) is 11.2. The first kappa shape index (κ1) is 30.7. The van der Waals surface area contributed by atoms with E-state index in [1.807, 2.05) is 6.07 Å². The van der Waals surface area contributed by atoms with Crippen LogP contribution in [0.15, 0.2) is 108 Å². The Bertz CT molecular complexity index is 1610. The molecule has 214 valence electrons. The van der Waals surface area contributed by atoms with Crippen molar-refractivity contribution in [3.63, 3.8) is 0 Å². The van der Waals surface area contributed by atoms with Crippen LogP contribution in [0, 0.1) is 0 Å². The monoisotopic (exact) mass is 619 g/mol. The van der Waals surface area contributed by atoms with Crippen molar-refractivity contribution in [3.8, 4) is 5.75 Å². The molecule has 0 aliphatic heterocycles. The zero-order valence-electron chi connectivity index (χ0n) is 22.7. The van der Waals surface area contributed by atoms with E-state index < -0.39 is 17.1 Å². The number of anilines is 2. The number of rotatable bonds is 10. The van der Waals surface area contributed by atoms with Crippen molar-refractivity contribution in [2.24, 2.45) is 0 Å². The first-order chi connectivity index (χ1) is 20.2. The molecule has 10 heteroatoms. The molecule has 1 unspecified atom stereocenters. The number of hydrogen-bond donors (Lipinski definition) is 3. The van der Waals surface area contributed by atoms with Crippen LogP contribution in [-0.4, -0.2) is 30.1 Å². The third-order valence-electron chi connectivity index (χ3n) is 5.92. The molecule has 0 bridgehead atoms. The van der Waals surface area contributed by atoms with E-state index in [4.69, 9.17) is 27.9 Å². The normalized spacial score (nSPS) is 11.8. The Labute approximate surface area is 258 Å². The summed E-state index contributed by atoms with van der Waals surface area (Å²) in [4.78, 5) is 39.8. The van der Waals surface area contributed by atoms with Gasteiger partial charge in [-0.05, 0) is 79.2 Å². The molecule has 42 heavy (non-hydrogen) atoms. The first-order valence-electron chi connectivity index (χ1n) is 12.8. The zero-order chi connectivity index (χ0) is 30.1. The van der Waals surface area contributed by atoms with Crippen LogP contribution in [0.2, 0.25) is 10.0 Å². The van der Waals surface area contributed by atoms with Gasteiger partial charge in [-0.2, -0.15) is 0 Å². The quantitative estimate of drug-likeness (QED) is 0.126. The lowest BCUT2D eigenvalue weighted by Gasteiger charge is -2.14. The van der Waals surface area contributed by atoms with Crippen LogP contribution in [0.1, 0.15) is 22.8 Å². The number of carbonyl (C=O) groups excluding carboxylic acids is 3. The minimum Gasteiger partial charge on any atom is -0.497 e. The smallest absolute Gasteiger partial charge is 0.272 e. The van der Waals surface area contributed by atoms with Gasteiger partial charge in [-0.1, -0.05) is 59.6 Å². The van der Waals surface area contributed by atoms with E-state index in [-0.39, 0.29) is 11.6 Å². The van der Waals surface area contributed by atoms with E-state index in [1.165, 1.54) is 11.8 Å². The predicted octanol–water partition coefficient (Wildman–Crippen LogP) is 7.53. The molecule has 0 saturated carbocycles. The number of carbonyl (C=O) groups is 3. The van der Waals surface area contributed by atoms with Crippen molar-refractivity contribution in [2.75, 3.05) is 17.7 Å². The molecule has 0 heterocycles. The summed E-state index contributed by atoms with van der Waals surface area (Å²) in [6.45, 7) is 1.78. The standard InChI is InChI=1S/C32H27Cl2N3O4S/c1-20(30(38)35-24-13-16-27(33)28(34)19-24)42-26-10-6-9-23(18-26)36-32(40)29(17-21-11-14-25(41-2)15-12-21)37-31(39)22-7-4-3-5-8-22/h3-20H,1-2H3,(H,35,38)(H,36,40)(H,37,39)/b29-17+. The van der Waals surface area contributed by atoms with Gasteiger partial charge in [0.05, 0.1) is 22.4 Å². The largest absolute Gasteiger partial charge is 0.497 e. The average Bonchev–Trinajstić information content (AvgIpc) is 2.99. The highest BCUT2D eigenvalue weighted by Gasteiger charge is 2.18. The summed E-state index contributed by atoms with van der Waals surface area (Å²) in [6.07, 6.45) is 1.59. The van der Waals surface area contributed by atoms with Crippen molar-refractivity contribution in [1.82, 2.24) is 5.32 Å². The van der Waals surface area contributed by atoms with Gasteiger partial charge in [0.1, 0.15) is 11.4 Å². The Morgan fingerprint density at radius 3 is 2.21 bits per heavy atom. The summed E-state index contributed by atoms with van der Waals surface area (Å²) in [5.74, 6) is -0.485. The maximum atomic E-state index is 13.4. The fraction of sp³-hybridized carbons (Fsp3) is 0.0938. The fourth-order valence-corrected chi connectivity index (χ4v) is 4.95. The molecule has 0 aromatic heterocycles. The van der Waals surface area contributed by atoms with Crippen LogP contribution in [0.25, 0.3) is 6.08 Å². The van der Waals surface area contributed by atoms with Gasteiger partial charge in [-0.15, -0.1) is 11.8 Å². The maximum absolute atomic E-state index is 13.4. The number of methoxy groups -OCH3 is 1. The van der Waals surface area contributed by atoms with Crippen LogP contribution in [0.3, 0.4) is 0 Å². The Morgan fingerprint density at radius 1 is 0.810 bits per heavy atom. The van der Waals surface area contributed by atoms with Crippen molar-refractivity contribution in [2.45, 2.75) is 17.1 Å². The number of ether oxygens (including phenoxy) is 1. The molecule has 4 aromatic carbocycles. The second kappa shape index (κ2) is 14.6. The summed E-state index contributed by atoms with van der Waals surface area (Å²) in [5.41, 5.74) is 2.20. The third-order valence-corrected chi connectivity index (χ3v) is 7.75. The highest BCUT2D eigenvalue weighted by atomic mass is 35.5. The molecule has 1 atom stereocenters. The van der Waals surface area contributed by atoms with Crippen LogP contribution < -0.4 is 20.7 Å². The molecular formula is C32H27Cl2N3O4S. The molecule has 0 fully saturated rings. The number of benzene rings is 4. The van der Waals surface area contributed by atoms with Crippen molar-refractivity contribution in [3.05, 3.63) is 124 Å². The third kappa shape index (κ3) is 8.63. The molecule has 4 rings (SSSR count). The highest BCUT2D eigenvalue weighted by Crippen LogP contribution is 2.29. The minimum absolute atomic E-state index is 0.0569. The second-order valence-electron chi connectivity index (χ2n) is 9.01. The van der Waals surface area contributed by atoms with Crippen molar-refractivity contribution < 1.29 is 19.1 Å². The van der Waals surface area contributed by atoms with E-state index >= 15 is 0 Å². The Balaban J connectivity index is 1.48. The molecule has 0 radical (unpaired) electrons. The van der Waals surface area contributed by atoms with Crippen LogP contribution in [0.5, 0.6) is 5.75 Å². The van der Waals surface area contributed by atoms with Gasteiger partial charge >= 0.3 is 0 Å². The number of thioether (sulfide) groups is 1. The predicted molar refractivity (Wildman–Crippen MR) is 170 cm³/mol. The lowest BCUT2D eigenvalue weighted by molar-refractivity contribution is -0.115. The van der Waals surface area contributed by atoms with Crippen molar-refractivity contribution in [1.29, 1.82) is 0 Å². The number of halogens is 2. The van der Waals surface area contributed by atoms with Crippen LogP contribution in [0.4, 0.5) is 11.4 Å². The fourth-order valence-electron chi connectivity index (χ4n) is 3.73. The van der Waals surface area contributed by atoms with Crippen molar-refractivity contribution >= 4 is 70.1 Å². The van der Waals surface area contributed by atoms with Crippen LogP contribution >= 0.6 is 35.0 Å². The molecule has 0 saturated heterocycles. The number of amides is 3. The summed E-state index contributed by atoms with van der Waals surface area (Å²) < 4.78 is 5.21. The van der Waals surface area contributed by atoms with Crippen LogP contribution in [-0.2, 0) is 9.59 Å².